The number of carboxylic acid groups (broad SMARTS) is 1. The lowest BCUT2D eigenvalue weighted by Crippen LogP contribution is -2.29. The molecule has 186 valence electrons. The predicted molar refractivity (Wildman–Crippen MR) is 144 cm³/mol. The van der Waals surface area contributed by atoms with Crippen molar-refractivity contribution < 1.29 is 14.7 Å². The Hall–Kier alpha value is -3.23. The second-order valence-electron chi connectivity index (χ2n) is 8.58. The van der Waals surface area contributed by atoms with Crippen molar-refractivity contribution in [1.29, 1.82) is 0 Å². The van der Waals surface area contributed by atoms with Crippen LogP contribution in [0.1, 0.15) is 56.0 Å². The Labute approximate surface area is 210 Å². The number of nitrogens with one attached hydrogen (secondary N) is 1. The second-order valence-corrected chi connectivity index (χ2v) is 9.59. The van der Waals surface area contributed by atoms with E-state index in [0.29, 0.717) is 18.0 Å². The number of imidazole rings is 1. The molecule has 0 saturated heterocycles. The molecule has 0 aliphatic carbocycles. The largest absolute Gasteiger partial charge is 0.483 e. The summed E-state index contributed by atoms with van der Waals surface area (Å²) in [5, 5.41) is 9.94. The Morgan fingerprint density at radius 1 is 1.17 bits per heavy atom. The van der Waals surface area contributed by atoms with Crippen LogP contribution in [0.4, 0.5) is 0 Å². The number of hydrogen-bond donors (Lipinski definition) is 2. The number of rotatable bonds is 9. The van der Waals surface area contributed by atoms with Crippen molar-refractivity contribution in [1.82, 2.24) is 19.6 Å². The smallest absolute Gasteiger partial charge is 0.290 e. The van der Waals surface area contributed by atoms with E-state index in [0.717, 1.165) is 52.5 Å². The Morgan fingerprint density at radius 2 is 1.86 bits per heavy atom. The molecule has 2 aromatic heterocycles. The van der Waals surface area contributed by atoms with Crippen molar-refractivity contribution in [2.45, 2.75) is 40.0 Å². The Kier molecular flexibility index (Phi) is 9.39. The zero-order valence-electron chi connectivity index (χ0n) is 20.8. The zero-order chi connectivity index (χ0) is 25.4. The molecular weight excluding hydrogens is 460 g/mol. The van der Waals surface area contributed by atoms with Crippen molar-refractivity contribution >= 4 is 38.9 Å². The molecule has 0 saturated carbocycles. The third-order valence-electron chi connectivity index (χ3n) is 6.06. The molecule has 8 heteroatoms. The van der Waals surface area contributed by atoms with Gasteiger partial charge in [0.05, 0.1) is 15.9 Å². The van der Waals surface area contributed by atoms with Gasteiger partial charge in [-0.1, -0.05) is 63.3 Å². The van der Waals surface area contributed by atoms with E-state index in [9.17, 15) is 4.79 Å². The summed E-state index contributed by atoms with van der Waals surface area (Å²) in [6, 6.07) is 14.6. The molecule has 35 heavy (non-hydrogen) atoms. The molecule has 2 heterocycles. The SMILES string of the molecule is CCN(CC)CCCNC(=O)c1ccc2c(c1)sc1nc(-c3ccc(C(C)C)cc3)cn12.O=CO. The molecule has 0 aliphatic heterocycles. The van der Waals surface area contributed by atoms with Gasteiger partial charge in [-0.3, -0.25) is 14.0 Å². The summed E-state index contributed by atoms with van der Waals surface area (Å²) in [7, 11) is 0. The monoisotopic (exact) mass is 494 g/mol. The Bertz CT molecular complexity index is 1260. The van der Waals surface area contributed by atoms with E-state index in [1.807, 2.05) is 18.2 Å². The molecule has 2 aromatic carbocycles. The van der Waals surface area contributed by atoms with Gasteiger partial charge >= 0.3 is 0 Å². The van der Waals surface area contributed by atoms with Crippen LogP contribution in [-0.4, -0.2) is 57.9 Å². The van der Waals surface area contributed by atoms with E-state index in [1.54, 1.807) is 11.3 Å². The first-order valence-corrected chi connectivity index (χ1v) is 12.8. The minimum absolute atomic E-state index is 0.0107. The number of nitrogens with zero attached hydrogens (tertiary/aromatic N) is 3. The molecule has 0 radical (unpaired) electrons. The van der Waals surface area contributed by atoms with Crippen molar-refractivity contribution in [3.63, 3.8) is 0 Å². The molecule has 4 aromatic rings. The molecule has 2 N–H and O–H groups in total. The van der Waals surface area contributed by atoms with Gasteiger partial charge < -0.3 is 15.3 Å². The van der Waals surface area contributed by atoms with Gasteiger partial charge in [-0.2, -0.15) is 0 Å². The van der Waals surface area contributed by atoms with E-state index >= 15 is 0 Å². The maximum absolute atomic E-state index is 12.6. The van der Waals surface area contributed by atoms with Crippen molar-refractivity contribution in [2.24, 2.45) is 0 Å². The van der Waals surface area contributed by atoms with Crippen LogP contribution in [0, 0.1) is 0 Å². The molecule has 0 spiro atoms. The summed E-state index contributed by atoms with van der Waals surface area (Å²) in [5.41, 5.74) is 5.22. The summed E-state index contributed by atoms with van der Waals surface area (Å²) in [6.45, 7) is 12.3. The highest BCUT2D eigenvalue weighted by molar-refractivity contribution is 7.23. The van der Waals surface area contributed by atoms with E-state index in [1.165, 1.54) is 5.56 Å². The summed E-state index contributed by atoms with van der Waals surface area (Å²) in [5.74, 6) is 0.510. The maximum atomic E-state index is 12.6. The van der Waals surface area contributed by atoms with Gasteiger partial charge in [-0.25, -0.2) is 4.98 Å². The minimum Gasteiger partial charge on any atom is -0.483 e. The number of benzene rings is 2. The lowest BCUT2D eigenvalue weighted by atomic mass is 10.0. The van der Waals surface area contributed by atoms with Gasteiger partial charge in [0.25, 0.3) is 12.4 Å². The van der Waals surface area contributed by atoms with E-state index in [4.69, 9.17) is 14.9 Å². The average Bonchev–Trinajstić information content (AvgIpc) is 3.42. The highest BCUT2D eigenvalue weighted by Crippen LogP contribution is 2.30. The first-order valence-electron chi connectivity index (χ1n) is 12.0. The zero-order valence-corrected chi connectivity index (χ0v) is 21.6. The van der Waals surface area contributed by atoms with Crippen molar-refractivity contribution in [3.05, 3.63) is 59.8 Å². The standard InChI is InChI=1S/C26H32N4OS.CH2O2/c1-5-29(6-2)15-7-14-27-25(31)21-12-13-23-24(16-21)32-26-28-22(17-30(23)26)20-10-8-19(9-11-20)18(3)4;2-1-3/h8-13,16-18H,5-7,14-15H2,1-4H3,(H,27,31);1H,(H,2,3). The quantitative estimate of drug-likeness (QED) is 0.237. The first kappa shape index (κ1) is 26.4. The maximum Gasteiger partial charge on any atom is 0.290 e. The summed E-state index contributed by atoms with van der Waals surface area (Å²) < 4.78 is 3.20. The fourth-order valence-corrected chi connectivity index (χ4v) is 5.01. The average molecular weight is 495 g/mol. The topological polar surface area (TPSA) is 86.9 Å². The van der Waals surface area contributed by atoms with Crippen LogP contribution in [0.3, 0.4) is 0 Å². The van der Waals surface area contributed by atoms with Gasteiger partial charge in [0.2, 0.25) is 0 Å². The van der Waals surface area contributed by atoms with Crippen molar-refractivity contribution in [3.8, 4) is 11.3 Å². The second kappa shape index (κ2) is 12.5. The summed E-state index contributed by atoms with van der Waals surface area (Å²) in [4.78, 5) is 29.1. The Balaban J connectivity index is 0.00000108. The number of carbonyl (C=O) groups is 2. The van der Waals surface area contributed by atoms with Crippen molar-refractivity contribution in [2.75, 3.05) is 26.2 Å². The lowest BCUT2D eigenvalue weighted by molar-refractivity contribution is -0.122. The number of aromatic nitrogens is 2. The van der Waals surface area contributed by atoms with E-state index < -0.39 is 0 Å². The first-order chi connectivity index (χ1) is 16.9. The van der Waals surface area contributed by atoms with Gasteiger partial charge in [0.15, 0.2) is 4.96 Å². The minimum atomic E-state index is -0.250. The normalized spacial score (nSPS) is 11.1. The lowest BCUT2D eigenvalue weighted by Gasteiger charge is -2.17. The third kappa shape index (κ3) is 6.46. The summed E-state index contributed by atoms with van der Waals surface area (Å²) in [6.07, 6.45) is 3.05. The van der Waals surface area contributed by atoms with Crippen LogP contribution in [-0.2, 0) is 4.79 Å². The highest BCUT2D eigenvalue weighted by Gasteiger charge is 2.13. The highest BCUT2D eigenvalue weighted by atomic mass is 32.1. The molecule has 0 unspecified atom stereocenters. The number of hydrogen-bond acceptors (Lipinski definition) is 5. The van der Waals surface area contributed by atoms with Crippen LogP contribution in [0.15, 0.2) is 48.7 Å². The number of fused-ring (bicyclic) bond motifs is 3. The predicted octanol–water partition coefficient (Wildman–Crippen LogP) is 5.50. The fraction of sp³-hybridized carbons (Fsp3) is 0.370. The number of carbonyl (C=O) groups excluding carboxylic acids is 1. The van der Waals surface area contributed by atoms with Crippen LogP contribution in [0.25, 0.3) is 26.4 Å². The molecule has 0 atom stereocenters. The van der Waals surface area contributed by atoms with Crippen LogP contribution in [0.5, 0.6) is 0 Å². The van der Waals surface area contributed by atoms with E-state index in [-0.39, 0.29) is 12.4 Å². The summed E-state index contributed by atoms with van der Waals surface area (Å²) >= 11 is 1.62. The van der Waals surface area contributed by atoms with Gasteiger partial charge in [0, 0.05) is 23.9 Å². The van der Waals surface area contributed by atoms with Gasteiger partial charge in [-0.05, 0) is 55.7 Å². The fourth-order valence-electron chi connectivity index (χ4n) is 3.97. The Morgan fingerprint density at radius 3 is 2.49 bits per heavy atom. The molecular formula is C27H34N4O3S. The molecule has 0 bridgehead atoms. The van der Waals surface area contributed by atoms with Crippen LogP contribution in [0.2, 0.25) is 0 Å². The molecule has 0 fully saturated rings. The van der Waals surface area contributed by atoms with Gasteiger partial charge in [-0.15, -0.1) is 0 Å². The molecule has 4 rings (SSSR count). The third-order valence-corrected chi connectivity index (χ3v) is 7.08. The van der Waals surface area contributed by atoms with E-state index in [2.05, 4.69) is 72.8 Å². The van der Waals surface area contributed by atoms with Crippen LogP contribution < -0.4 is 5.32 Å². The molecule has 1 amide bonds. The molecule has 7 nitrogen and oxygen atoms in total. The molecule has 0 aliphatic rings. The number of thiazole rings is 1. The van der Waals surface area contributed by atoms with Gasteiger partial charge in [0.1, 0.15) is 0 Å². The number of amides is 1. The van der Waals surface area contributed by atoms with Crippen LogP contribution >= 0.6 is 11.3 Å².